The van der Waals surface area contributed by atoms with Gasteiger partial charge in [0.05, 0.1) is 12.6 Å². The van der Waals surface area contributed by atoms with Crippen LogP contribution in [0.25, 0.3) is 5.57 Å². The van der Waals surface area contributed by atoms with Gasteiger partial charge in [0.2, 0.25) is 0 Å². The summed E-state index contributed by atoms with van der Waals surface area (Å²) in [4.78, 5) is 14.2. The molecule has 5 nitrogen and oxygen atoms in total. The molecule has 1 N–H and O–H groups in total. The van der Waals surface area contributed by atoms with Gasteiger partial charge in [-0.05, 0) is 82.1 Å². The first-order valence-electron chi connectivity index (χ1n) is 12.7. The number of carbonyl (C=O) groups excluding carboxylic acids is 1. The van der Waals surface area contributed by atoms with Crippen LogP contribution in [0.15, 0.2) is 48.1 Å². The number of alkyl carbamates (subject to hydrolysis) is 1. The summed E-state index contributed by atoms with van der Waals surface area (Å²) in [5.74, 6) is 1.16. The second-order valence-corrected chi connectivity index (χ2v) is 9.71. The van der Waals surface area contributed by atoms with Gasteiger partial charge >= 0.3 is 6.09 Å². The summed E-state index contributed by atoms with van der Waals surface area (Å²) in [6.07, 6.45) is 9.92. The van der Waals surface area contributed by atoms with Crippen molar-refractivity contribution in [3.63, 3.8) is 0 Å². The van der Waals surface area contributed by atoms with Crippen molar-refractivity contribution in [1.29, 1.82) is 0 Å². The van der Waals surface area contributed by atoms with Crippen molar-refractivity contribution in [2.45, 2.75) is 77.0 Å². The summed E-state index contributed by atoms with van der Waals surface area (Å²) in [5.41, 5.74) is 1.96. The molecular weight excluding hydrogens is 450 g/mol. The van der Waals surface area contributed by atoms with E-state index < -0.39 is 12.5 Å². The van der Waals surface area contributed by atoms with Gasteiger partial charge in [-0.2, -0.15) is 0 Å². The predicted octanol–water partition coefficient (Wildman–Crippen LogP) is 6.50. The molecule has 0 aliphatic heterocycles. The van der Waals surface area contributed by atoms with Crippen molar-refractivity contribution in [1.82, 2.24) is 5.32 Å². The number of allylic oxidation sites excluding steroid dienone is 4. The molecule has 0 saturated heterocycles. The third-order valence-electron chi connectivity index (χ3n) is 7.16. The van der Waals surface area contributed by atoms with Crippen molar-refractivity contribution >= 4 is 17.4 Å². The summed E-state index contributed by atoms with van der Waals surface area (Å²) in [5, 5.41) is 2.85. The molecule has 1 aromatic carbocycles. The van der Waals surface area contributed by atoms with Gasteiger partial charge in [-0.15, -0.1) is 0 Å². The van der Waals surface area contributed by atoms with E-state index in [2.05, 4.69) is 10.2 Å². The van der Waals surface area contributed by atoms with Crippen LogP contribution in [0.5, 0.6) is 5.75 Å². The number of rotatable bonds is 10. The van der Waals surface area contributed by atoms with Crippen molar-refractivity contribution < 1.29 is 23.0 Å². The topological polar surface area (TPSA) is 50.8 Å². The molecule has 0 aromatic heterocycles. The number of nitrogens with one attached hydrogen (secondary N) is 1. The summed E-state index contributed by atoms with van der Waals surface area (Å²) in [7, 11) is 1.97. The first-order chi connectivity index (χ1) is 16.9. The Hall–Kier alpha value is -2.83. The highest BCUT2D eigenvalue weighted by atomic mass is 19.3. The van der Waals surface area contributed by atoms with E-state index >= 15 is 0 Å². The number of nitrogens with zero attached hydrogens (tertiary/aromatic N) is 1. The molecule has 1 amide bonds. The Morgan fingerprint density at radius 3 is 2.60 bits per heavy atom. The minimum Gasteiger partial charge on any atom is -0.494 e. The molecule has 4 rings (SSSR count). The molecule has 190 valence electrons. The van der Waals surface area contributed by atoms with E-state index in [1.165, 1.54) is 0 Å². The Morgan fingerprint density at radius 2 is 2.03 bits per heavy atom. The van der Waals surface area contributed by atoms with Crippen LogP contribution < -0.4 is 15.0 Å². The van der Waals surface area contributed by atoms with Gasteiger partial charge in [-0.3, -0.25) is 0 Å². The summed E-state index contributed by atoms with van der Waals surface area (Å²) in [6.45, 7) is 4.34. The van der Waals surface area contributed by atoms with Crippen LogP contribution in [0.1, 0.15) is 57.9 Å². The van der Waals surface area contributed by atoms with Gasteiger partial charge in [-0.1, -0.05) is 18.2 Å². The second-order valence-electron chi connectivity index (χ2n) is 9.71. The minimum absolute atomic E-state index is 0.0193. The number of ether oxygens (including phenoxy) is 2. The fraction of sp³-hybridized carbons (Fsp3) is 0.536. The summed E-state index contributed by atoms with van der Waals surface area (Å²) >= 11 is 0. The Morgan fingerprint density at radius 1 is 1.26 bits per heavy atom. The SMILES string of the molecule is CCOc1ccc(/C(=C/C2=CCC(NC(=O)OC(C)C3CC3)C=C2)C(F)F)c(N(C)C2CCC2)c1. The lowest BCUT2D eigenvalue weighted by Gasteiger charge is -2.37. The maximum atomic E-state index is 14.3. The van der Waals surface area contributed by atoms with Crippen LogP contribution in [-0.4, -0.2) is 44.4 Å². The molecule has 2 fully saturated rings. The van der Waals surface area contributed by atoms with Crippen molar-refractivity contribution in [3.8, 4) is 5.75 Å². The molecular formula is C28H36F2N2O3. The van der Waals surface area contributed by atoms with E-state index in [1.54, 1.807) is 24.3 Å². The molecule has 35 heavy (non-hydrogen) atoms. The fourth-order valence-corrected chi connectivity index (χ4v) is 4.58. The van der Waals surface area contributed by atoms with Crippen molar-refractivity contribution in [3.05, 3.63) is 53.6 Å². The maximum absolute atomic E-state index is 14.3. The van der Waals surface area contributed by atoms with Gasteiger partial charge in [0.25, 0.3) is 6.43 Å². The molecule has 0 spiro atoms. The standard InChI is InChI=1S/C28H36F2N2O3/c1-4-34-23-14-15-24(26(17-23)32(3)22-6-5-7-22)25(27(29)30)16-19-8-12-21(13-9-19)31-28(33)35-18(2)20-10-11-20/h8-9,12,14-18,20-22,27H,4-7,10-11,13H2,1-3H3,(H,31,33)/b25-16-. The second kappa shape index (κ2) is 11.3. The van der Waals surface area contributed by atoms with Crippen LogP contribution in [0.2, 0.25) is 0 Å². The van der Waals surface area contributed by atoms with Gasteiger partial charge in [0.1, 0.15) is 11.9 Å². The average Bonchev–Trinajstić information content (AvgIpc) is 3.63. The highest BCUT2D eigenvalue weighted by Gasteiger charge is 2.31. The van der Waals surface area contributed by atoms with E-state index in [1.807, 2.05) is 39.1 Å². The molecule has 3 aliphatic rings. The monoisotopic (exact) mass is 486 g/mol. The lowest BCUT2D eigenvalue weighted by molar-refractivity contribution is 0.0938. The average molecular weight is 487 g/mol. The van der Waals surface area contributed by atoms with Crippen LogP contribution in [0.4, 0.5) is 19.3 Å². The Bertz CT molecular complexity index is 996. The number of carbonyl (C=O) groups is 1. The van der Waals surface area contributed by atoms with E-state index in [4.69, 9.17) is 9.47 Å². The van der Waals surface area contributed by atoms with Crippen molar-refractivity contribution in [2.75, 3.05) is 18.6 Å². The summed E-state index contributed by atoms with van der Waals surface area (Å²) < 4.78 is 39.7. The molecule has 0 bridgehead atoms. The van der Waals surface area contributed by atoms with Crippen LogP contribution in [0, 0.1) is 5.92 Å². The van der Waals surface area contributed by atoms with Gasteiger partial charge < -0.3 is 19.7 Å². The largest absolute Gasteiger partial charge is 0.494 e. The molecule has 3 aliphatic carbocycles. The molecule has 0 heterocycles. The van der Waals surface area contributed by atoms with Crippen LogP contribution >= 0.6 is 0 Å². The van der Waals surface area contributed by atoms with Gasteiger partial charge in [-0.25, -0.2) is 13.6 Å². The number of halogens is 2. The number of anilines is 1. The molecule has 2 unspecified atom stereocenters. The smallest absolute Gasteiger partial charge is 0.407 e. The Labute approximate surface area is 206 Å². The van der Waals surface area contributed by atoms with Crippen molar-refractivity contribution in [2.24, 2.45) is 5.92 Å². The number of benzene rings is 1. The lowest BCUT2D eigenvalue weighted by atomic mass is 9.90. The Kier molecular flexibility index (Phi) is 8.14. The Balaban J connectivity index is 1.49. The van der Waals surface area contributed by atoms with Gasteiger partial charge in [0.15, 0.2) is 0 Å². The number of amides is 1. The number of hydrogen-bond donors (Lipinski definition) is 1. The third kappa shape index (κ3) is 6.44. The summed E-state index contributed by atoms with van der Waals surface area (Å²) in [6, 6.07) is 5.50. The zero-order valence-electron chi connectivity index (χ0n) is 20.8. The van der Waals surface area contributed by atoms with Crippen LogP contribution in [-0.2, 0) is 4.74 Å². The zero-order valence-corrected chi connectivity index (χ0v) is 20.8. The molecule has 1 aromatic rings. The quantitative estimate of drug-likeness (QED) is 0.410. The van der Waals surface area contributed by atoms with Gasteiger partial charge in [0, 0.05) is 36.0 Å². The molecule has 2 saturated carbocycles. The van der Waals surface area contributed by atoms with E-state index in [0.29, 0.717) is 41.9 Å². The maximum Gasteiger partial charge on any atom is 0.407 e. The highest BCUT2D eigenvalue weighted by molar-refractivity contribution is 5.81. The van der Waals surface area contributed by atoms with E-state index in [9.17, 15) is 13.6 Å². The minimum atomic E-state index is -2.63. The highest BCUT2D eigenvalue weighted by Crippen LogP contribution is 2.38. The molecule has 0 radical (unpaired) electrons. The lowest BCUT2D eigenvalue weighted by Crippen LogP contribution is -2.37. The third-order valence-corrected chi connectivity index (χ3v) is 7.16. The zero-order chi connectivity index (χ0) is 24.9. The predicted molar refractivity (Wildman–Crippen MR) is 135 cm³/mol. The first-order valence-corrected chi connectivity index (χ1v) is 12.7. The fourth-order valence-electron chi connectivity index (χ4n) is 4.58. The van der Waals surface area contributed by atoms with E-state index in [0.717, 1.165) is 37.8 Å². The number of alkyl halides is 2. The van der Waals surface area contributed by atoms with Crippen LogP contribution in [0.3, 0.4) is 0 Å². The first kappa shape index (κ1) is 25.3. The van der Waals surface area contributed by atoms with E-state index in [-0.39, 0.29) is 17.7 Å². The normalized spacial score (nSPS) is 21.3. The molecule has 2 atom stereocenters. The number of hydrogen-bond acceptors (Lipinski definition) is 4. The molecule has 7 heteroatoms.